The van der Waals surface area contributed by atoms with Crippen LogP contribution in [0.4, 0.5) is 0 Å². The highest BCUT2D eigenvalue weighted by molar-refractivity contribution is 6.27. The Morgan fingerprint density at radius 1 is 1.02 bits per heavy atom. The zero-order valence-electron chi connectivity index (χ0n) is 25.7. The number of benzene rings is 1. The summed E-state index contributed by atoms with van der Waals surface area (Å²) in [4.78, 5) is 39.0. The number of carbonyl (C=O) groups is 3. The van der Waals surface area contributed by atoms with Crippen LogP contribution in [0.1, 0.15) is 94.9 Å². The SMILES string of the molecule is CC(C)=CCC(OC(=O)/C=C(C)/C=C/C=C(C)/C=C/C1=C(C)CCCC1(C)C)C1=CC(=O)c2c(O)ccc(O)c2C1=O. The maximum absolute atomic E-state index is 13.3. The van der Waals surface area contributed by atoms with Crippen molar-refractivity contribution in [3.8, 4) is 11.5 Å². The van der Waals surface area contributed by atoms with Crippen LogP contribution in [-0.4, -0.2) is 33.9 Å². The Labute approximate surface area is 249 Å². The van der Waals surface area contributed by atoms with Gasteiger partial charge in [-0.2, -0.15) is 0 Å². The minimum atomic E-state index is -1.05. The molecule has 1 atom stereocenters. The van der Waals surface area contributed by atoms with Crippen LogP contribution in [0.15, 0.2) is 94.2 Å². The average molecular weight is 571 g/mol. The highest BCUT2D eigenvalue weighted by atomic mass is 16.5. The van der Waals surface area contributed by atoms with Crippen molar-refractivity contribution in [2.45, 2.75) is 80.3 Å². The minimum absolute atomic E-state index is 0.0577. The molecular weight excluding hydrogens is 528 g/mol. The van der Waals surface area contributed by atoms with E-state index in [1.54, 1.807) is 19.1 Å². The van der Waals surface area contributed by atoms with Crippen LogP contribution in [0, 0.1) is 5.41 Å². The average Bonchev–Trinajstić information content (AvgIpc) is 2.89. The number of phenols is 2. The van der Waals surface area contributed by atoms with E-state index in [1.807, 2.05) is 32.9 Å². The second-order valence-electron chi connectivity index (χ2n) is 12.0. The van der Waals surface area contributed by atoms with E-state index in [4.69, 9.17) is 4.74 Å². The van der Waals surface area contributed by atoms with Crippen LogP contribution in [0.5, 0.6) is 11.5 Å². The van der Waals surface area contributed by atoms with Crippen molar-refractivity contribution < 1.29 is 29.3 Å². The Balaban J connectivity index is 1.76. The molecule has 2 aliphatic rings. The molecule has 1 aromatic carbocycles. The molecule has 6 heteroatoms. The summed E-state index contributed by atoms with van der Waals surface area (Å²) >= 11 is 0. The molecule has 6 nitrogen and oxygen atoms in total. The van der Waals surface area contributed by atoms with Crippen LogP contribution in [0.3, 0.4) is 0 Å². The largest absolute Gasteiger partial charge is 0.507 e. The van der Waals surface area contributed by atoms with E-state index in [2.05, 4.69) is 32.9 Å². The van der Waals surface area contributed by atoms with Gasteiger partial charge < -0.3 is 14.9 Å². The molecule has 0 heterocycles. The molecule has 0 fully saturated rings. The van der Waals surface area contributed by atoms with Crippen molar-refractivity contribution in [3.05, 3.63) is 105 Å². The first kappa shape index (κ1) is 32.3. The predicted octanol–water partition coefficient (Wildman–Crippen LogP) is 8.20. The second-order valence-corrected chi connectivity index (χ2v) is 12.0. The van der Waals surface area contributed by atoms with Crippen LogP contribution < -0.4 is 0 Å². The Kier molecular flexibility index (Phi) is 10.5. The van der Waals surface area contributed by atoms with Crippen molar-refractivity contribution >= 4 is 17.5 Å². The fraction of sp³-hybridized carbons (Fsp3) is 0.361. The van der Waals surface area contributed by atoms with Gasteiger partial charge >= 0.3 is 5.97 Å². The maximum atomic E-state index is 13.3. The van der Waals surface area contributed by atoms with Crippen molar-refractivity contribution in [2.75, 3.05) is 0 Å². The molecule has 42 heavy (non-hydrogen) atoms. The van der Waals surface area contributed by atoms with Crippen LogP contribution in [0.2, 0.25) is 0 Å². The Morgan fingerprint density at radius 2 is 1.69 bits per heavy atom. The number of hydrogen-bond donors (Lipinski definition) is 2. The molecule has 0 aromatic heterocycles. The number of carbonyl (C=O) groups excluding carboxylic acids is 3. The fourth-order valence-corrected chi connectivity index (χ4v) is 5.34. The fourth-order valence-electron chi connectivity index (χ4n) is 5.34. The number of hydrogen-bond acceptors (Lipinski definition) is 6. The summed E-state index contributed by atoms with van der Waals surface area (Å²) in [5, 5.41) is 20.4. The number of esters is 1. The van der Waals surface area contributed by atoms with Gasteiger partial charge in [-0.15, -0.1) is 0 Å². The van der Waals surface area contributed by atoms with Gasteiger partial charge in [0.1, 0.15) is 17.6 Å². The van der Waals surface area contributed by atoms with Crippen molar-refractivity contribution in [2.24, 2.45) is 5.41 Å². The summed E-state index contributed by atoms with van der Waals surface area (Å²) in [5.74, 6) is -2.80. The molecule has 2 N–H and O–H groups in total. The van der Waals surface area contributed by atoms with Gasteiger partial charge in [0, 0.05) is 18.1 Å². The van der Waals surface area contributed by atoms with E-state index in [0.29, 0.717) is 5.57 Å². The lowest BCUT2D eigenvalue weighted by Crippen LogP contribution is -2.28. The lowest BCUT2D eigenvalue weighted by molar-refractivity contribution is -0.141. The lowest BCUT2D eigenvalue weighted by Gasteiger charge is -2.32. The van der Waals surface area contributed by atoms with Gasteiger partial charge in [0.25, 0.3) is 0 Å². The lowest BCUT2D eigenvalue weighted by atomic mass is 9.72. The standard InChI is InChI=1S/C36H42O6/c1-22(2)13-18-31(26-21-30(39)33-28(37)16-17-29(38)34(33)35(26)41)42-32(40)20-24(4)11-8-10-23(3)14-15-27-25(5)12-9-19-36(27,6)7/h8,10-11,13-17,20-21,31,37-38H,9,12,18-19H2,1-7H3/b11-8+,15-14+,23-10+,24-20+. The number of ketones is 2. The molecule has 2 aliphatic carbocycles. The number of aromatic hydroxyl groups is 2. The van der Waals surface area contributed by atoms with Gasteiger partial charge in [-0.1, -0.05) is 67.0 Å². The van der Waals surface area contributed by atoms with E-state index in [1.165, 1.54) is 30.1 Å². The molecule has 1 unspecified atom stereocenters. The van der Waals surface area contributed by atoms with Gasteiger partial charge in [0.15, 0.2) is 11.6 Å². The van der Waals surface area contributed by atoms with Crippen LogP contribution >= 0.6 is 0 Å². The van der Waals surface area contributed by atoms with E-state index in [0.717, 1.165) is 35.8 Å². The van der Waals surface area contributed by atoms with Gasteiger partial charge in [-0.3, -0.25) is 9.59 Å². The predicted molar refractivity (Wildman–Crippen MR) is 167 cm³/mol. The Morgan fingerprint density at radius 3 is 2.33 bits per heavy atom. The van der Waals surface area contributed by atoms with E-state index in [9.17, 15) is 24.6 Å². The van der Waals surface area contributed by atoms with Gasteiger partial charge in [0.05, 0.1) is 11.1 Å². The summed E-state index contributed by atoms with van der Waals surface area (Å²) in [6.07, 6.45) is 16.8. The zero-order chi connectivity index (χ0) is 31.2. The smallest absolute Gasteiger partial charge is 0.331 e. The number of ether oxygens (including phenoxy) is 1. The third-order valence-electron chi connectivity index (χ3n) is 7.65. The number of allylic oxidation sites excluding steroid dienone is 11. The molecule has 1 aromatic rings. The van der Waals surface area contributed by atoms with E-state index < -0.39 is 35.1 Å². The molecule has 0 bridgehead atoms. The van der Waals surface area contributed by atoms with E-state index >= 15 is 0 Å². The number of phenolic OH excluding ortho intramolecular Hbond substituents is 2. The number of fused-ring (bicyclic) bond motifs is 1. The summed E-state index contributed by atoms with van der Waals surface area (Å²) in [7, 11) is 0. The highest BCUT2D eigenvalue weighted by Gasteiger charge is 2.35. The van der Waals surface area contributed by atoms with Crippen molar-refractivity contribution in [3.63, 3.8) is 0 Å². The van der Waals surface area contributed by atoms with Gasteiger partial charge in [0.2, 0.25) is 0 Å². The monoisotopic (exact) mass is 570 g/mol. The molecule has 0 radical (unpaired) electrons. The van der Waals surface area contributed by atoms with Gasteiger partial charge in [-0.05, 0) is 88.7 Å². The van der Waals surface area contributed by atoms with E-state index in [-0.39, 0.29) is 28.5 Å². The molecule has 0 aliphatic heterocycles. The summed E-state index contributed by atoms with van der Waals surface area (Å²) in [5.41, 5.74) is 5.07. The molecule has 222 valence electrons. The second kappa shape index (κ2) is 13.6. The first-order valence-electron chi connectivity index (χ1n) is 14.3. The number of Topliss-reactive ketones (excluding diaryl/α,β-unsaturated/α-hetero) is 1. The highest BCUT2D eigenvalue weighted by Crippen LogP contribution is 2.41. The minimum Gasteiger partial charge on any atom is -0.507 e. The molecular formula is C36H42O6. The first-order valence-corrected chi connectivity index (χ1v) is 14.3. The summed E-state index contributed by atoms with van der Waals surface area (Å²) in [6, 6.07) is 2.31. The molecule has 0 saturated heterocycles. The van der Waals surface area contributed by atoms with Crippen LogP contribution in [0.25, 0.3) is 0 Å². The maximum Gasteiger partial charge on any atom is 0.331 e. The molecule has 0 amide bonds. The summed E-state index contributed by atoms with van der Waals surface area (Å²) in [6.45, 7) is 14.3. The Bertz CT molecular complexity index is 1480. The first-order chi connectivity index (χ1) is 19.7. The molecule has 0 saturated carbocycles. The van der Waals surface area contributed by atoms with Gasteiger partial charge in [-0.25, -0.2) is 4.79 Å². The molecule has 0 spiro atoms. The van der Waals surface area contributed by atoms with Crippen molar-refractivity contribution in [1.82, 2.24) is 0 Å². The normalized spacial score (nSPS) is 18.3. The van der Waals surface area contributed by atoms with Crippen molar-refractivity contribution in [1.29, 1.82) is 0 Å². The third kappa shape index (κ3) is 7.96. The summed E-state index contributed by atoms with van der Waals surface area (Å²) < 4.78 is 5.67. The molecule has 3 rings (SSSR count). The topological polar surface area (TPSA) is 101 Å². The zero-order valence-corrected chi connectivity index (χ0v) is 25.7. The van der Waals surface area contributed by atoms with Crippen LogP contribution in [-0.2, 0) is 9.53 Å². The quantitative estimate of drug-likeness (QED) is 0.102. The Hall–Kier alpha value is -4.19. The number of rotatable bonds is 9. The third-order valence-corrected chi connectivity index (χ3v) is 7.65.